The maximum atomic E-state index is 11.4. The standard InChI is InChI=1S/C19H19N3OS/c1-14(2)17-12-20-9-8-16(17)18(19-21-10-11-22(19)13-23)24-15-6-4-3-5-7-15/h3-14,18H,1-2H3. The van der Waals surface area contributed by atoms with Gasteiger partial charge in [-0.3, -0.25) is 14.3 Å². The number of carbonyl (C=O) groups excluding carboxylic acids is 1. The number of hydrogen-bond acceptors (Lipinski definition) is 4. The molecule has 1 unspecified atom stereocenters. The number of benzene rings is 1. The molecule has 3 rings (SSSR count). The van der Waals surface area contributed by atoms with Gasteiger partial charge in [0.15, 0.2) is 0 Å². The Morgan fingerprint density at radius 1 is 1.08 bits per heavy atom. The predicted octanol–water partition coefficient (Wildman–Crippen LogP) is 4.32. The smallest absolute Gasteiger partial charge is 0.219 e. The molecule has 0 aliphatic rings. The van der Waals surface area contributed by atoms with Gasteiger partial charge in [0.05, 0.1) is 5.25 Å². The maximum absolute atomic E-state index is 11.4. The van der Waals surface area contributed by atoms with Crippen LogP contribution in [0.2, 0.25) is 0 Å². The SMILES string of the molecule is CC(C)c1cnccc1C(Sc1ccccc1)c1nccn1C=O. The Kier molecular flexibility index (Phi) is 5.11. The molecule has 0 amide bonds. The average Bonchev–Trinajstić information content (AvgIpc) is 3.09. The van der Waals surface area contributed by atoms with Gasteiger partial charge in [0, 0.05) is 29.7 Å². The first-order valence-corrected chi connectivity index (χ1v) is 8.72. The van der Waals surface area contributed by atoms with E-state index in [4.69, 9.17) is 0 Å². The summed E-state index contributed by atoms with van der Waals surface area (Å²) in [4.78, 5) is 21.3. The molecule has 1 aromatic carbocycles. The zero-order chi connectivity index (χ0) is 16.9. The lowest BCUT2D eigenvalue weighted by Gasteiger charge is -2.21. The highest BCUT2D eigenvalue weighted by Crippen LogP contribution is 2.42. The lowest BCUT2D eigenvalue weighted by Crippen LogP contribution is -2.10. The van der Waals surface area contributed by atoms with Gasteiger partial charge in [-0.15, -0.1) is 11.8 Å². The predicted molar refractivity (Wildman–Crippen MR) is 96.8 cm³/mol. The number of thioether (sulfide) groups is 1. The second kappa shape index (κ2) is 7.45. The minimum absolute atomic E-state index is 0.0759. The summed E-state index contributed by atoms with van der Waals surface area (Å²) < 4.78 is 1.55. The van der Waals surface area contributed by atoms with Gasteiger partial charge in [-0.2, -0.15) is 0 Å². The van der Waals surface area contributed by atoms with E-state index in [0.29, 0.717) is 5.92 Å². The van der Waals surface area contributed by atoms with E-state index in [0.717, 1.165) is 22.7 Å². The fourth-order valence-electron chi connectivity index (χ4n) is 2.65. The lowest BCUT2D eigenvalue weighted by molar-refractivity contribution is 0.545. The van der Waals surface area contributed by atoms with Crippen LogP contribution in [0.4, 0.5) is 0 Å². The van der Waals surface area contributed by atoms with Crippen LogP contribution in [-0.2, 0) is 4.79 Å². The van der Waals surface area contributed by atoms with Crippen LogP contribution in [0.15, 0.2) is 66.1 Å². The molecule has 4 nitrogen and oxygen atoms in total. The molecule has 2 aromatic heterocycles. The van der Waals surface area contributed by atoms with Crippen molar-refractivity contribution in [1.82, 2.24) is 14.5 Å². The van der Waals surface area contributed by atoms with E-state index >= 15 is 0 Å². The van der Waals surface area contributed by atoms with Crippen molar-refractivity contribution in [3.63, 3.8) is 0 Å². The second-order valence-corrected chi connectivity index (χ2v) is 6.95. The zero-order valence-electron chi connectivity index (χ0n) is 13.7. The highest BCUT2D eigenvalue weighted by molar-refractivity contribution is 7.99. The van der Waals surface area contributed by atoms with Gasteiger partial charge in [-0.05, 0) is 35.2 Å². The number of aromatic nitrogens is 3. The number of rotatable bonds is 6. The van der Waals surface area contributed by atoms with Crippen LogP contribution in [0.25, 0.3) is 0 Å². The van der Waals surface area contributed by atoms with Crippen molar-refractivity contribution >= 4 is 18.2 Å². The van der Waals surface area contributed by atoms with E-state index in [1.165, 1.54) is 5.56 Å². The highest BCUT2D eigenvalue weighted by atomic mass is 32.2. The lowest BCUT2D eigenvalue weighted by atomic mass is 9.97. The Labute approximate surface area is 146 Å². The number of carbonyl (C=O) groups is 1. The van der Waals surface area contributed by atoms with Gasteiger partial charge in [-0.1, -0.05) is 32.0 Å². The maximum Gasteiger partial charge on any atom is 0.219 e. The van der Waals surface area contributed by atoms with Crippen LogP contribution in [-0.4, -0.2) is 20.9 Å². The summed E-state index contributed by atoms with van der Waals surface area (Å²) in [6.45, 7) is 4.30. The van der Waals surface area contributed by atoms with E-state index in [1.54, 1.807) is 34.9 Å². The van der Waals surface area contributed by atoms with Crippen molar-refractivity contribution in [3.8, 4) is 0 Å². The second-order valence-electron chi connectivity index (χ2n) is 5.77. The third kappa shape index (κ3) is 3.41. The Morgan fingerprint density at radius 2 is 1.88 bits per heavy atom. The van der Waals surface area contributed by atoms with Crippen LogP contribution < -0.4 is 0 Å². The third-order valence-corrected chi connectivity index (χ3v) is 5.08. The molecule has 3 aromatic rings. The molecule has 0 radical (unpaired) electrons. The Bertz CT molecular complexity index is 814. The monoisotopic (exact) mass is 337 g/mol. The average molecular weight is 337 g/mol. The molecule has 2 heterocycles. The topological polar surface area (TPSA) is 47.8 Å². The van der Waals surface area contributed by atoms with Crippen molar-refractivity contribution in [3.05, 3.63) is 78.1 Å². The Balaban J connectivity index is 2.11. The summed E-state index contributed by atoms with van der Waals surface area (Å²) in [7, 11) is 0. The highest BCUT2D eigenvalue weighted by Gasteiger charge is 2.24. The zero-order valence-corrected chi connectivity index (χ0v) is 14.5. The van der Waals surface area contributed by atoms with Gasteiger partial charge in [0.1, 0.15) is 5.82 Å². The first-order chi connectivity index (χ1) is 11.7. The summed E-state index contributed by atoms with van der Waals surface area (Å²) in [6, 6.07) is 12.2. The van der Waals surface area contributed by atoms with Gasteiger partial charge in [0.2, 0.25) is 6.41 Å². The van der Waals surface area contributed by atoms with Crippen LogP contribution in [0, 0.1) is 0 Å². The molecule has 0 saturated heterocycles. The molecule has 0 aliphatic heterocycles. The van der Waals surface area contributed by atoms with E-state index in [1.807, 2.05) is 30.5 Å². The quantitative estimate of drug-likeness (QED) is 0.496. The number of imidazole rings is 1. The van der Waals surface area contributed by atoms with Crippen LogP contribution in [0.5, 0.6) is 0 Å². The molecular weight excluding hydrogens is 318 g/mol. The molecule has 0 bridgehead atoms. The van der Waals surface area contributed by atoms with Crippen molar-refractivity contribution in [2.75, 3.05) is 0 Å². The minimum Gasteiger partial charge on any atom is -0.278 e. The molecule has 0 saturated carbocycles. The van der Waals surface area contributed by atoms with Gasteiger partial charge in [-0.25, -0.2) is 4.98 Å². The largest absolute Gasteiger partial charge is 0.278 e. The van der Waals surface area contributed by atoms with Gasteiger partial charge in [0.25, 0.3) is 0 Å². The van der Waals surface area contributed by atoms with Crippen molar-refractivity contribution in [1.29, 1.82) is 0 Å². The summed E-state index contributed by atoms with van der Waals surface area (Å²) in [5, 5.41) is -0.0759. The molecule has 0 fully saturated rings. The first-order valence-electron chi connectivity index (χ1n) is 7.84. The van der Waals surface area contributed by atoms with Gasteiger partial charge >= 0.3 is 0 Å². The molecule has 24 heavy (non-hydrogen) atoms. The summed E-state index contributed by atoms with van der Waals surface area (Å²) in [6.07, 6.45) is 7.87. The van der Waals surface area contributed by atoms with E-state index < -0.39 is 0 Å². The van der Waals surface area contributed by atoms with Crippen molar-refractivity contribution < 1.29 is 4.79 Å². The summed E-state index contributed by atoms with van der Waals surface area (Å²) >= 11 is 1.69. The molecule has 0 spiro atoms. The number of hydrogen-bond donors (Lipinski definition) is 0. The van der Waals surface area contributed by atoms with Crippen LogP contribution in [0.1, 0.15) is 42.0 Å². The molecule has 0 N–H and O–H groups in total. The van der Waals surface area contributed by atoms with E-state index in [9.17, 15) is 4.79 Å². The number of pyridine rings is 1. The normalized spacial score (nSPS) is 12.3. The molecule has 1 atom stereocenters. The van der Waals surface area contributed by atoms with Crippen LogP contribution in [0.3, 0.4) is 0 Å². The summed E-state index contributed by atoms with van der Waals surface area (Å²) in [5.74, 6) is 1.07. The minimum atomic E-state index is -0.0759. The molecular formula is C19H19N3OS. The first kappa shape index (κ1) is 16.5. The third-order valence-electron chi connectivity index (χ3n) is 3.84. The van der Waals surface area contributed by atoms with E-state index in [-0.39, 0.29) is 5.25 Å². The molecule has 5 heteroatoms. The van der Waals surface area contributed by atoms with Crippen molar-refractivity contribution in [2.24, 2.45) is 0 Å². The van der Waals surface area contributed by atoms with Gasteiger partial charge < -0.3 is 0 Å². The fraction of sp³-hybridized carbons (Fsp3) is 0.211. The van der Waals surface area contributed by atoms with E-state index in [2.05, 4.69) is 35.9 Å². The van der Waals surface area contributed by atoms with Crippen LogP contribution >= 0.6 is 11.8 Å². The van der Waals surface area contributed by atoms with Crippen molar-refractivity contribution in [2.45, 2.75) is 29.9 Å². The Morgan fingerprint density at radius 3 is 2.58 bits per heavy atom. The summed E-state index contributed by atoms with van der Waals surface area (Å²) in [5.41, 5.74) is 2.31. The Hall–Kier alpha value is -2.40. The number of nitrogens with zero attached hydrogens (tertiary/aromatic N) is 3. The fourth-order valence-corrected chi connectivity index (χ4v) is 3.86. The molecule has 122 valence electrons. The molecule has 0 aliphatic carbocycles.